The Balaban J connectivity index is 2.33. The highest BCUT2D eigenvalue weighted by molar-refractivity contribution is 9.10. The molecule has 1 atom stereocenters. The third-order valence-electron chi connectivity index (χ3n) is 4.63. The summed E-state index contributed by atoms with van der Waals surface area (Å²) < 4.78 is 2.53. The number of aryl methyl sites for hydroxylation is 1. The first kappa shape index (κ1) is 12.0. The molecule has 1 heterocycles. The van der Waals surface area contributed by atoms with Crippen LogP contribution in [-0.4, -0.2) is 15.0 Å². The van der Waals surface area contributed by atoms with Crippen LogP contribution in [0.3, 0.4) is 0 Å². The van der Waals surface area contributed by atoms with Crippen molar-refractivity contribution in [3.8, 4) is 0 Å². The highest BCUT2D eigenvalue weighted by atomic mass is 79.9. The maximum atomic E-state index is 6.37. The zero-order valence-corrected chi connectivity index (χ0v) is 12.0. The minimum atomic E-state index is -0.0145. The third kappa shape index (κ3) is 1.37. The number of rotatable bonds is 2. The summed E-state index contributed by atoms with van der Waals surface area (Å²) in [6.45, 7) is 9.09. The molecule has 1 aromatic rings. The van der Waals surface area contributed by atoms with Gasteiger partial charge in [0, 0.05) is 7.05 Å². The Hall–Kier alpha value is -0.420. The van der Waals surface area contributed by atoms with Gasteiger partial charge in [-0.25, -0.2) is 4.68 Å². The quantitative estimate of drug-likeness (QED) is 0.907. The van der Waals surface area contributed by atoms with Gasteiger partial charge < -0.3 is 5.73 Å². The first-order chi connectivity index (χ1) is 7.21. The summed E-state index contributed by atoms with van der Waals surface area (Å²) >= 11 is 3.41. The summed E-state index contributed by atoms with van der Waals surface area (Å²) in [5.74, 6) is 0.466. The van der Waals surface area contributed by atoms with Crippen molar-refractivity contribution in [3.05, 3.63) is 10.3 Å². The Labute approximate surface area is 105 Å². The molecular weight excluding hydrogens is 268 g/mol. The van der Waals surface area contributed by atoms with Crippen LogP contribution in [0.1, 0.15) is 39.4 Å². The Morgan fingerprint density at radius 2 is 1.81 bits per heavy atom. The van der Waals surface area contributed by atoms with Crippen molar-refractivity contribution in [2.45, 2.75) is 33.7 Å². The van der Waals surface area contributed by atoms with E-state index in [1.165, 1.54) is 0 Å². The van der Waals surface area contributed by atoms with Crippen LogP contribution in [0.25, 0.3) is 0 Å². The Kier molecular flexibility index (Phi) is 2.48. The lowest BCUT2D eigenvalue weighted by Gasteiger charge is -2.14. The normalized spacial score (nSPS) is 24.4. The fraction of sp³-hybridized carbons (Fsp3) is 0.818. The predicted octanol–water partition coefficient (Wildman–Crippen LogP) is 2.26. The van der Waals surface area contributed by atoms with Crippen LogP contribution >= 0.6 is 15.9 Å². The van der Waals surface area contributed by atoms with Gasteiger partial charge in [0.05, 0.1) is 11.7 Å². The molecule has 1 aromatic heterocycles. The maximum absolute atomic E-state index is 6.37. The van der Waals surface area contributed by atoms with Crippen LogP contribution in [0, 0.1) is 16.7 Å². The minimum absolute atomic E-state index is 0.0145. The van der Waals surface area contributed by atoms with Gasteiger partial charge in [-0.1, -0.05) is 32.9 Å². The Bertz CT molecular complexity index is 388. The summed E-state index contributed by atoms with van der Waals surface area (Å²) in [6.07, 6.45) is 0. The van der Waals surface area contributed by atoms with E-state index in [0.29, 0.717) is 5.92 Å². The molecule has 0 saturated heterocycles. The van der Waals surface area contributed by atoms with Crippen molar-refractivity contribution >= 4 is 15.9 Å². The third-order valence-corrected chi connectivity index (χ3v) is 5.20. The van der Waals surface area contributed by atoms with Gasteiger partial charge in [0.2, 0.25) is 0 Å². The van der Waals surface area contributed by atoms with E-state index < -0.39 is 0 Å². The van der Waals surface area contributed by atoms with E-state index in [4.69, 9.17) is 5.73 Å². The number of aromatic nitrogens is 3. The second-order valence-corrected chi connectivity index (χ2v) is 6.59. The van der Waals surface area contributed by atoms with Crippen LogP contribution in [-0.2, 0) is 7.05 Å². The molecule has 1 aliphatic rings. The summed E-state index contributed by atoms with van der Waals surface area (Å²) in [7, 11) is 1.88. The van der Waals surface area contributed by atoms with Crippen LogP contribution in [0.5, 0.6) is 0 Å². The fourth-order valence-corrected chi connectivity index (χ4v) is 3.59. The highest BCUT2D eigenvalue weighted by Gasteiger charge is 2.67. The van der Waals surface area contributed by atoms with Crippen LogP contribution in [0.15, 0.2) is 4.60 Å². The van der Waals surface area contributed by atoms with Gasteiger partial charge >= 0.3 is 0 Å². The van der Waals surface area contributed by atoms with E-state index in [-0.39, 0.29) is 16.9 Å². The van der Waals surface area contributed by atoms with Gasteiger partial charge in [0.25, 0.3) is 0 Å². The molecular formula is C11H19BrN4. The number of halogens is 1. The first-order valence-electron chi connectivity index (χ1n) is 5.52. The zero-order valence-electron chi connectivity index (χ0n) is 10.5. The molecule has 0 aromatic carbocycles. The van der Waals surface area contributed by atoms with Gasteiger partial charge in [-0.2, -0.15) is 0 Å². The fourth-order valence-electron chi connectivity index (χ4n) is 3.00. The number of hydrogen-bond donors (Lipinski definition) is 1. The molecule has 1 fully saturated rings. The summed E-state index contributed by atoms with van der Waals surface area (Å²) in [5.41, 5.74) is 7.90. The van der Waals surface area contributed by atoms with Crippen molar-refractivity contribution in [2.24, 2.45) is 29.5 Å². The van der Waals surface area contributed by atoms with E-state index in [2.05, 4.69) is 53.9 Å². The summed E-state index contributed by atoms with van der Waals surface area (Å²) in [6, 6.07) is -0.0145. The van der Waals surface area contributed by atoms with Crippen LogP contribution in [0.4, 0.5) is 0 Å². The van der Waals surface area contributed by atoms with Crippen LogP contribution < -0.4 is 5.73 Å². The molecule has 1 saturated carbocycles. The molecule has 0 radical (unpaired) electrons. The second kappa shape index (κ2) is 3.29. The lowest BCUT2D eigenvalue weighted by Crippen LogP contribution is -2.20. The van der Waals surface area contributed by atoms with Gasteiger partial charge in [0.15, 0.2) is 4.60 Å². The van der Waals surface area contributed by atoms with Gasteiger partial charge in [-0.05, 0) is 32.7 Å². The molecule has 0 bridgehead atoms. The van der Waals surface area contributed by atoms with E-state index in [9.17, 15) is 0 Å². The van der Waals surface area contributed by atoms with Crippen molar-refractivity contribution in [1.29, 1.82) is 0 Å². The Morgan fingerprint density at radius 1 is 1.31 bits per heavy atom. The second-order valence-electron chi connectivity index (χ2n) is 5.84. The monoisotopic (exact) mass is 286 g/mol. The predicted molar refractivity (Wildman–Crippen MR) is 66.7 cm³/mol. The van der Waals surface area contributed by atoms with Gasteiger partial charge in [-0.15, -0.1) is 5.10 Å². The SMILES string of the molecule is Cn1nnc(Br)c1C(N)C1C(C)(C)C1(C)C. The van der Waals surface area contributed by atoms with Crippen LogP contribution in [0.2, 0.25) is 0 Å². The molecule has 16 heavy (non-hydrogen) atoms. The van der Waals surface area contributed by atoms with Crippen molar-refractivity contribution in [2.75, 3.05) is 0 Å². The smallest absolute Gasteiger partial charge is 0.153 e. The average molecular weight is 287 g/mol. The van der Waals surface area contributed by atoms with Crippen molar-refractivity contribution in [1.82, 2.24) is 15.0 Å². The molecule has 0 amide bonds. The van der Waals surface area contributed by atoms with E-state index >= 15 is 0 Å². The molecule has 1 aliphatic carbocycles. The molecule has 0 aliphatic heterocycles. The molecule has 2 N–H and O–H groups in total. The number of nitrogens with two attached hydrogens (primary N) is 1. The Morgan fingerprint density at radius 3 is 2.12 bits per heavy atom. The lowest BCUT2D eigenvalue weighted by molar-refractivity contribution is 0.457. The van der Waals surface area contributed by atoms with Crippen molar-refractivity contribution < 1.29 is 0 Å². The standard InChI is InChI=1S/C11H19BrN4/c1-10(2)8(11(10,3)4)6(13)7-9(12)14-15-16(7)5/h6,8H,13H2,1-5H3. The molecule has 2 rings (SSSR count). The van der Waals surface area contributed by atoms with Gasteiger partial charge in [-0.3, -0.25) is 0 Å². The minimum Gasteiger partial charge on any atom is -0.322 e. The highest BCUT2D eigenvalue weighted by Crippen LogP contribution is 2.71. The topological polar surface area (TPSA) is 56.7 Å². The van der Waals surface area contributed by atoms with E-state index in [1.54, 1.807) is 4.68 Å². The van der Waals surface area contributed by atoms with E-state index in [1.807, 2.05) is 7.05 Å². The molecule has 90 valence electrons. The zero-order chi connectivity index (χ0) is 12.3. The molecule has 4 nitrogen and oxygen atoms in total. The molecule has 1 unspecified atom stereocenters. The number of nitrogens with zero attached hydrogens (tertiary/aromatic N) is 3. The molecule has 5 heteroatoms. The maximum Gasteiger partial charge on any atom is 0.153 e. The average Bonchev–Trinajstić information content (AvgIpc) is 2.39. The largest absolute Gasteiger partial charge is 0.322 e. The summed E-state index contributed by atoms with van der Waals surface area (Å²) in [5, 5.41) is 7.98. The van der Waals surface area contributed by atoms with Crippen molar-refractivity contribution in [3.63, 3.8) is 0 Å². The van der Waals surface area contributed by atoms with Gasteiger partial charge in [0.1, 0.15) is 0 Å². The first-order valence-corrected chi connectivity index (χ1v) is 6.31. The van der Waals surface area contributed by atoms with E-state index in [0.717, 1.165) is 10.3 Å². The summed E-state index contributed by atoms with van der Waals surface area (Å²) in [4.78, 5) is 0. The number of hydrogen-bond acceptors (Lipinski definition) is 3. The molecule has 0 spiro atoms. The lowest BCUT2D eigenvalue weighted by atomic mass is 10.0.